The maximum absolute atomic E-state index is 16.4. The molecule has 2 fully saturated rings. The molecule has 5 unspecified atom stereocenters. The van der Waals surface area contributed by atoms with Crippen LogP contribution < -0.4 is 15.3 Å². The summed E-state index contributed by atoms with van der Waals surface area (Å²) in [7, 11) is -4.53. The largest absolute Gasteiger partial charge is 0.479 e. The minimum absolute atomic E-state index is 0.102. The number of carbonyl (C=O) groups is 1. The molecule has 1 saturated carbocycles. The second-order valence-corrected chi connectivity index (χ2v) is 13.2. The number of ether oxygens (including phenoxy) is 3. The maximum atomic E-state index is 16.4. The van der Waals surface area contributed by atoms with Crippen molar-refractivity contribution >= 4 is 31.9 Å². The Hall–Kier alpha value is -3.14. The molecule has 1 aromatic carbocycles. The van der Waals surface area contributed by atoms with Crippen LogP contribution in [-0.4, -0.2) is 101 Å². The monoisotopic (exact) mass is 654 g/mol. The van der Waals surface area contributed by atoms with Crippen LogP contribution in [0, 0.1) is 0 Å². The molecule has 3 aliphatic heterocycles. The number of nitrogens with one attached hydrogen (secondary N) is 1. The van der Waals surface area contributed by atoms with Gasteiger partial charge in [0.25, 0.3) is 5.85 Å². The topological polar surface area (TPSA) is 199 Å². The van der Waals surface area contributed by atoms with Gasteiger partial charge in [-0.05, 0) is 58.6 Å². The van der Waals surface area contributed by atoms with Crippen LogP contribution in [0.1, 0.15) is 52.9 Å². The summed E-state index contributed by atoms with van der Waals surface area (Å²) in [5, 5.41) is 24.8. The molecule has 1 aromatic rings. The summed E-state index contributed by atoms with van der Waals surface area (Å²) in [6.07, 6.45) is 0.758. The zero-order valence-corrected chi connectivity index (χ0v) is 26.2. The molecule has 1 saturated heterocycles. The first kappa shape index (κ1) is 33.2. The lowest BCUT2D eigenvalue weighted by Crippen LogP contribution is -2.57. The number of fused-ring (bicyclic) bond motifs is 1. The van der Waals surface area contributed by atoms with Crippen LogP contribution in [0.3, 0.4) is 0 Å². The summed E-state index contributed by atoms with van der Waals surface area (Å²) in [4.78, 5) is 26.8. The molecule has 0 spiro atoms. The molecule has 4 aliphatic rings. The Balaban J connectivity index is 1.31. The third kappa shape index (κ3) is 7.16. The number of halogens is 1. The number of para-hydroxylation sites is 1. The number of nitrogens with zero attached hydrogens (tertiary/aromatic N) is 4. The van der Waals surface area contributed by atoms with Gasteiger partial charge >= 0.3 is 13.7 Å². The number of alkyl halides is 1. The molecule has 15 nitrogen and oxygen atoms in total. The number of aliphatic imine (C=N–C) groups is 3. The SMILES string of the molecule is CCOC1=NC(N)=NC2C1N=CN2C1O[C@](F)(COP(=O)(NC(C)C(=O)OC2CCCCC2)Oc2ccccc2)[C@@H](O)[C@@]1(C)O. The van der Waals surface area contributed by atoms with Crippen molar-refractivity contribution in [3.05, 3.63) is 30.3 Å². The number of aliphatic hydroxyl groups excluding tert-OH is 1. The first-order valence-electron chi connectivity index (χ1n) is 15.0. The fourth-order valence-corrected chi connectivity index (χ4v) is 7.14. The molecule has 8 atom stereocenters. The molecule has 3 heterocycles. The van der Waals surface area contributed by atoms with E-state index in [0.717, 1.165) is 32.1 Å². The molecule has 0 amide bonds. The Morgan fingerprint density at radius 1 is 1.29 bits per heavy atom. The van der Waals surface area contributed by atoms with Crippen LogP contribution in [0.25, 0.3) is 0 Å². The summed E-state index contributed by atoms with van der Waals surface area (Å²) in [6.45, 7) is 3.45. The van der Waals surface area contributed by atoms with E-state index in [4.69, 9.17) is 29.0 Å². The van der Waals surface area contributed by atoms with E-state index in [0.29, 0.717) is 0 Å². The number of hydrogen-bond acceptors (Lipinski definition) is 14. The predicted molar refractivity (Wildman–Crippen MR) is 160 cm³/mol. The fraction of sp³-hybridized carbons (Fsp3) is 0.643. The molecule has 5 rings (SSSR count). The average Bonchev–Trinajstić information content (AvgIpc) is 3.50. The summed E-state index contributed by atoms with van der Waals surface area (Å²) in [5.41, 5.74) is 3.61. The molecule has 17 heteroatoms. The number of rotatable bonds is 11. The van der Waals surface area contributed by atoms with Crippen molar-refractivity contribution in [3.63, 3.8) is 0 Å². The number of carbonyl (C=O) groups excluding carboxylic acids is 1. The zero-order valence-electron chi connectivity index (χ0n) is 25.3. The lowest BCUT2D eigenvalue weighted by atomic mass is 9.94. The van der Waals surface area contributed by atoms with Crippen molar-refractivity contribution in [1.29, 1.82) is 0 Å². The average molecular weight is 655 g/mol. The minimum atomic E-state index is -4.53. The van der Waals surface area contributed by atoms with Crippen LogP contribution in [0.15, 0.2) is 45.3 Å². The summed E-state index contributed by atoms with van der Waals surface area (Å²) in [6, 6.07) is 6.01. The number of aliphatic hydroxyl groups is 2. The number of guanidine groups is 1. The van der Waals surface area contributed by atoms with Crippen LogP contribution in [-0.2, 0) is 28.1 Å². The molecule has 5 N–H and O–H groups in total. The Bertz CT molecular complexity index is 1360. The zero-order chi connectivity index (χ0) is 32.4. The van der Waals surface area contributed by atoms with E-state index in [9.17, 15) is 19.6 Å². The summed E-state index contributed by atoms with van der Waals surface area (Å²) in [5.74, 6) is -3.62. The van der Waals surface area contributed by atoms with Gasteiger partial charge in [0, 0.05) is 0 Å². The van der Waals surface area contributed by atoms with E-state index in [-0.39, 0.29) is 30.3 Å². The third-order valence-corrected chi connectivity index (χ3v) is 9.59. The van der Waals surface area contributed by atoms with E-state index in [1.165, 1.54) is 37.2 Å². The van der Waals surface area contributed by atoms with Gasteiger partial charge in [-0.25, -0.2) is 13.9 Å². The second kappa shape index (κ2) is 13.3. The van der Waals surface area contributed by atoms with Crippen molar-refractivity contribution in [1.82, 2.24) is 9.99 Å². The van der Waals surface area contributed by atoms with Crippen LogP contribution in [0.2, 0.25) is 0 Å². The smallest absolute Gasteiger partial charge is 0.459 e. The highest BCUT2D eigenvalue weighted by Crippen LogP contribution is 2.49. The normalized spacial score (nSPS) is 33.5. The molecule has 45 heavy (non-hydrogen) atoms. The molecule has 0 aromatic heterocycles. The Labute approximate surface area is 260 Å². The number of nitrogens with two attached hydrogens (primary N) is 1. The van der Waals surface area contributed by atoms with Gasteiger partial charge in [0.2, 0.25) is 11.9 Å². The predicted octanol–water partition coefficient (Wildman–Crippen LogP) is 1.98. The van der Waals surface area contributed by atoms with Gasteiger partial charge in [0.15, 0.2) is 18.4 Å². The van der Waals surface area contributed by atoms with E-state index in [1.807, 2.05) is 0 Å². The minimum Gasteiger partial charge on any atom is -0.479 e. The van der Waals surface area contributed by atoms with Gasteiger partial charge in [0.05, 0.1) is 12.9 Å². The number of esters is 1. The molecule has 0 radical (unpaired) electrons. The third-order valence-electron chi connectivity index (χ3n) is 7.96. The highest BCUT2D eigenvalue weighted by atomic mass is 31.2. The fourth-order valence-electron chi connectivity index (χ4n) is 5.63. The Morgan fingerprint density at radius 2 is 2.00 bits per heavy atom. The van der Waals surface area contributed by atoms with E-state index < -0.39 is 62.4 Å². The van der Waals surface area contributed by atoms with Gasteiger partial charge in [0.1, 0.15) is 36.2 Å². The van der Waals surface area contributed by atoms with Crippen molar-refractivity contribution in [2.45, 2.75) is 101 Å². The van der Waals surface area contributed by atoms with Crippen LogP contribution >= 0.6 is 7.75 Å². The first-order chi connectivity index (χ1) is 21.3. The van der Waals surface area contributed by atoms with Crippen LogP contribution in [0.5, 0.6) is 5.75 Å². The highest BCUT2D eigenvalue weighted by Gasteiger charge is 2.66. The molecular weight excluding hydrogens is 614 g/mol. The molecule has 0 bridgehead atoms. The van der Waals surface area contributed by atoms with Crippen molar-refractivity contribution < 1.29 is 47.2 Å². The Morgan fingerprint density at radius 3 is 2.69 bits per heavy atom. The van der Waals surface area contributed by atoms with E-state index in [1.54, 1.807) is 25.1 Å². The van der Waals surface area contributed by atoms with Gasteiger partial charge in [-0.1, -0.05) is 24.6 Å². The van der Waals surface area contributed by atoms with Crippen molar-refractivity contribution in [2.24, 2.45) is 20.7 Å². The maximum Gasteiger partial charge on any atom is 0.459 e. The second-order valence-electron chi connectivity index (χ2n) is 11.5. The van der Waals surface area contributed by atoms with Crippen LogP contribution in [0.4, 0.5) is 4.39 Å². The number of benzene rings is 1. The number of hydrogen-bond donors (Lipinski definition) is 4. The Kier molecular flexibility index (Phi) is 9.82. The first-order valence-corrected chi connectivity index (χ1v) is 16.5. The lowest BCUT2D eigenvalue weighted by molar-refractivity contribution is -0.208. The van der Waals surface area contributed by atoms with Crippen molar-refractivity contribution in [2.75, 3.05) is 13.2 Å². The summed E-state index contributed by atoms with van der Waals surface area (Å²) < 4.78 is 58.2. The lowest BCUT2D eigenvalue weighted by Gasteiger charge is -2.36. The highest BCUT2D eigenvalue weighted by molar-refractivity contribution is 7.52. The standard InChI is InChI=1S/C28H40FN6O9P/c1-4-40-22-20-21(32-26(30)33-22)35(16-31-20)25-27(3,38)24(37)28(29,43-25)15-41-45(39,44-19-13-9-6-10-14-19)34-17(2)23(36)42-18-11-7-5-8-12-18/h6,9-10,13-14,16-18,20-21,24-25,37-38H,4-5,7-8,11-12,15H2,1-3H3,(H2,30,32)(H,34,39)/t17?,20?,21?,24-,25?,27+,28+,45?/m0/s1. The van der Waals surface area contributed by atoms with Gasteiger partial charge in [-0.15, -0.1) is 0 Å². The molecule has 1 aliphatic carbocycles. The van der Waals surface area contributed by atoms with E-state index >= 15 is 4.39 Å². The quantitative estimate of drug-likeness (QED) is 0.200. The van der Waals surface area contributed by atoms with E-state index in [2.05, 4.69) is 20.1 Å². The summed E-state index contributed by atoms with van der Waals surface area (Å²) >= 11 is 0. The van der Waals surface area contributed by atoms with Gasteiger partial charge in [-0.3, -0.25) is 14.3 Å². The van der Waals surface area contributed by atoms with Gasteiger partial charge < -0.3 is 39.6 Å². The molecule has 248 valence electrons. The van der Waals surface area contributed by atoms with Gasteiger partial charge in [-0.2, -0.15) is 10.1 Å². The molecular formula is C28H40FN6O9P. The van der Waals surface area contributed by atoms with Crippen molar-refractivity contribution in [3.8, 4) is 5.75 Å².